The lowest BCUT2D eigenvalue weighted by Gasteiger charge is -2.05. The number of rotatable bonds is 6. The summed E-state index contributed by atoms with van der Waals surface area (Å²) in [5, 5.41) is 0.624. The van der Waals surface area contributed by atoms with Gasteiger partial charge >= 0.3 is 0 Å². The van der Waals surface area contributed by atoms with Crippen molar-refractivity contribution in [1.29, 1.82) is 0 Å². The fourth-order valence-electron chi connectivity index (χ4n) is 2.36. The second kappa shape index (κ2) is 8.29. The number of fused-ring (bicyclic) bond motifs is 1. The Morgan fingerprint density at radius 2 is 2.00 bits per heavy atom. The second-order valence-electron chi connectivity index (χ2n) is 5.22. The van der Waals surface area contributed by atoms with E-state index in [1.54, 1.807) is 19.2 Å². The second-order valence-corrected chi connectivity index (χ2v) is 6.64. The third-order valence-corrected chi connectivity index (χ3v) is 4.85. The maximum Gasteiger partial charge on any atom is 0.286 e. The Morgan fingerprint density at radius 1 is 1.20 bits per heavy atom. The van der Waals surface area contributed by atoms with Gasteiger partial charge in [-0.2, -0.15) is 4.99 Å². The lowest BCUT2D eigenvalue weighted by Crippen LogP contribution is -2.21. The molecule has 2 aromatic carbocycles. The van der Waals surface area contributed by atoms with Crippen molar-refractivity contribution in [3.05, 3.63) is 58.4 Å². The Morgan fingerprint density at radius 3 is 2.76 bits per heavy atom. The number of hydrogen-bond acceptors (Lipinski definition) is 4. The van der Waals surface area contributed by atoms with E-state index in [0.29, 0.717) is 28.7 Å². The van der Waals surface area contributed by atoms with Gasteiger partial charge in [0.25, 0.3) is 5.91 Å². The number of carbonyl (C=O) groups excluding carboxylic acids is 1. The standard InChI is InChI=1S/C18H17ClN2O3S/c1-23-11-10-21-17-14(19)8-5-9-15(17)25-18(21)20-16(22)12-24-13-6-3-2-4-7-13/h2-9H,10-12H2,1H3. The van der Waals surface area contributed by atoms with Gasteiger partial charge in [-0.05, 0) is 24.3 Å². The quantitative estimate of drug-likeness (QED) is 0.661. The van der Waals surface area contributed by atoms with Gasteiger partial charge in [-0.25, -0.2) is 0 Å². The SMILES string of the molecule is COCCn1c(=NC(=O)COc2ccccc2)sc2cccc(Cl)c21. The van der Waals surface area contributed by atoms with Crippen LogP contribution in [0.2, 0.25) is 5.02 Å². The van der Waals surface area contributed by atoms with E-state index in [-0.39, 0.29) is 12.5 Å². The molecule has 1 heterocycles. The monoisotopic (exact) mass is 376 g/mol. The summed E-state index contributed by atoms with van der Waals surface area (Å²) in [4.78, 5) is 17.0. The highest BCUT2D eigenvalue weighted by atomic mass is 35.5. The molecule has 1 amide bonds. The summed E-state index contributed by atoms with van der Waals surface area (Å²) in [5.41, 5.74) is 0.863. The Bertz CT molecular complexity index is 934. The minimum absolute atomic E-state index is 0.115. The largest absolute Gasteiger partial charge is 0.484 e. The fraction of sp³-hybridized carbons (Fsp3) is 0.222. The van der Waals surface area contributed by atoms with Crippen LogP contribution in [0.25, 0.3) is 10.2 Å². The predicted octanol–water partition coefficient (Wildman–Crippen LogP) is 3.51. The number of benzene rings is 2. The lowest BCUT2D eigenvalue weighted by molar-refractivity contribution is -0.120. The Hall–Kier alpha value is -2.15. The highest BCUT2D eigenvalue weighted by Gasteiger charge is 2.11. The molecule has 0 spiro atoms. The number of hydrogen-bond donors (Lipinski definition) is 0. The molecule has 7 heteroatoms. The molecule has 130 valence electrons. The van der Waals surface area contributed by atoms with E-state index in [4.69, 9.17) is 21.1 Å². The fourth-order valence-corrected chi connectivity index (χ4v) is 3.80. The van der Waals surface area contributed by atoms with E-state index < -0.39 is 0 Å². The highest BCUT2D eigenvalue weighted by molar-refractivity contribution is 7.16. The van der Waals surface area contributed by atoms with Crippen molar-refractivity contribution in [2.45, 2.75) is 6.54 Å². The number of methoxy groups -OCH3 is 1. The minimum atomic E-state index is -0.349. The van der Waals surface area contributed by atoms with E-state index in [2.05, 4.69) is 4.99 Å². The van der Waals surface area contributed by atoms with Gasteiger partial charge in [-0.1, -0.05) is 47.2 Å². The first-order chi connectivity index (χ1) is 12.2. The van der Waals surface area contributed by atoms with Gasteiger partial charge in [0.15, 0.2) is 11.4 Å². The van der Waals surface area contributed by atoms with Crippen LogP contribution < -0.4 is 9.54 Å². The Kier molecular flexibility index (Phi) is 5.86. The summed E-state index contributed by atoms with van der Waals surface area (Å²) >= 11 is 7.74. The topological polar surface area (TPSA) is 52.8 Å². The number of ether oxygens (including phenoxy) is 2. The molecule has 0 aliphatic heterocycles. The Labute approximate surface area is 154 Å². The summed E-state index contributed by atoms with van der Waals surface area (Å²) in [6.07, 6.45) is 0. The number of carbonyl (C=O) groups is 1. The molecule has 1 aromatic heterocycles. The molecule has 3 rings (SSSR count). The van der Waals surface area contributed by atoms with Crippen molar-refractivity contribution in [3.8, 4) is 5.75 Å². The maximum absolute atomic E-state index is 12.2. The molecule has 0 aliphatic carbocycles. The van der Waals surface area contributed by atoms with Gasteiger partial charge in [0, 0.05) is 13.7 Å². The molecule has 0 atom stereocenters. The molecular formula is C18H17ClN2O3S. The molecular weight excluding hydrogens is 360 g/mol. The molecule has 0 aliphatic rings. The average molecular weight is 377 g/mol. The molecule has 0 N–H and O–H groups in total. The average Bonchev–Trinajstić information content (AvgIpc) is 2.97. The van der Waals surface area contributed by atoms with Gasteiger partial charge in [0.2, 0.25) is 0 Å². The molecule has 3 aromatic rings. The molecule has 25 heavy (non-hydrogen) atoms. The molecule has 5 nitrogen and oxygen atoms in total. The van der Waals surface area contributed by atoms with Crippen LogP contribution in [-0.4, -0.2) is 30.8 Å². The van der Waals surface area contributed by atoms with Crippen molar-refractivity contribution in [2.24, 2.45) is 4.99 Å². The van der Waals surface area contributed by atoms with Crippen LogP contribution in [0.1, 0.15) is 0 Å². The summed E-state index contributed by atoms with van der Waals surface area (Å²) < 4.78 is 13.5. The molecule has 0 fully saturated rings. The number of nitrogens with zero attached hydrogens (tertiary/aromatic N) is 2. The zero-order valence-corrected chi connectivity index (χ0v) is 15.2. The van der Waals surface area contributed by atoms with Gasteiger partial charge < -0.3 is 14.0 Å². The summed E-state index contributed by atoms with van der Waals surface area (Å²) in [5.74, 6) is 0.287. The van der Waals surface area contributed by atoms with E-state index in [1.807, 2.05) is 41.0 Å². The smallest absolute Gasteiger partial charge is 0.286 e. The van der Waals surface area contributed by atoms with Crippen molar-refractivity contribution in [3.63, 3.8) is 0 Å². The predicted molar refractivity (Wildman–Crippen MR) is 99.2 cm³/mol. The maximum atomic E-state index is 12.2. The van der Waals surface area contributed by atoms with Crippen LogP contribution in [0.15, 0.2) is 53.5 Å². The van der Waals surface area contributed by atoms with Crippen LogP contribution in [-0.2, 0) is 16.1 Å². The van der Waals surface area contributed by atoms with Crippen molar-refractivity contribution in [2.75, 3.05) is 20.3 Å². The first-order valence-corrected chi connectivity index (χ1v) is 8.90. The van der Waals surface area contributed by atoms with Crippen LogP contribution in [0.3, 0.4) is 0 Å². The first kappa shape index (κ1) is 17.7. The minimum Gasteiger partial charge on any atom is -0.484 e. The number of para-hydroxylation sites is 2. The summed E-state index contributed by atoms with van der Waals surface area (Å²) in [7, 11) is 1.63. The van der Waals surface area contributed by atoms with Crippen LogP contribution in [0.4, 0.5) is 0 Å². The molecule has 0 bridgehead atoms. The van der Waals surface area contributed by atoms with Crippen molar-refractivity contribution in [1.82, 2.24) is 4.57 Å². The summed E-state index contributed by atoms with van der Waals surface area (Å²) in [6, 6.07) is 14.8. The molecule has 0 unspecified atom stereocenters. The van der Waals surface area contributed by atoms with Gasteiger partial charge in [0.1, 0.15) is 5.75 Å². The summed E-state index contributed by atoms with van der Waals surface area (Å²) in [6.45, 7) is 0.946. The highest BCUT2D eigenvalue weighted by Crippen LogP contribution is 2.25. The van der Waals surface area contributed by atoms with Gasteiger partial charge in [0.05, 0.1) is 21.8 Å². The number of thiazole rings is 1. The van der Waals surface area contributed by atoms with E-state index >= 15 is 0 Å². The normalized spacial score (nSPS) is 11.8. The van der Waals surface area contributed by atoms with Gasteiger partial charge in [-0.15, -0.1) is 0 Å². The number of halogens is 1. The zero-order chi connectivity index (χ0) is 17.6. The van der Waals surface area contributed by atoms with Gasteiger partial charge in [-0.3, -0.25) is 4.79 Å². The van der Waals surface area contributed by atoms with Crippen LogP contribution in [0, 0.1) is 0 Å². The Balaban J connectivity index is 1.89. The number of aromatic nitrogens is 1. The first-order valence-electron chi connectivity index (χ1n) is 7.71. The van der Waals surface area contributed by atoms with Crippen molar-refractivity contribution < 1.29 is 14.3 Å². The molecule has 0 radical (unpaired) electrons. The van der Waals surface area contributed by atoms with Crippen molar-refractivity contribution >= 4 is 39.1 Å². The lowest BCUT2D eigenvalue weighted by atomic mass is 10.3. The number of amides is 1. The van der Waals surface area contributed by atoms with E-state index in [0.717, 1.165) is 10.2 Å². The third-order valence-electron chi connectivity index (χ3n) is 3.50. The molecule has 0 saturated carbocycles. The van der Waals surface area contributed by atoms with Crippen LogP contribution >= 0.6 is 22.9 Å². The zero-order valence-electron chi connectivity index (χ0n) is 13.6. The van der Waals surface area contributed by atoms with E-state index in [9.17, 15) is 4.79 Å². The van der Waals surface area contributed by atoms with Crippen LogP contribution in [0.5, 0.6) is 5.75 Å². The van der Waals surface area contributed by atoms with E-state index in [1.165, 1.54) is 11.3 Å². The molecule has 0 saturated heterocycles. The third kappa shape index (κ3) is 4.28.